The predicted molar refractivity (Wildman–Crippen MR) is 87.3 cm³/mol. The van der Waals surface area contributed by atoms with Gasteiger partial charge in [0.25, 0.3) is 0 Å². The standard InChI is InChI=1S/C18H23NS/c1-13-3-5-16(6-4-13)18(17-7-8-17)19-14(2)11-15-9-10-20-12-15/h3-6,9-10,12,14,17-19H,7-8,11H2,1-2H3. The first-order valence-corrected chi connectivity index (χ1v) is 8.50. The van der Waals surface area contributed by atoms with Crippen molar-refractivity contribution in [3.63, 3.8) is 0 Å². The number of benzene rings is 1. The highest BCUT2D eigenvalue weighted by Crippen LogP contribution is 2.41. The highest BCUT2D eigenvalue weighted by atomic mass is 32.1. The van der Waals surface area contributed by atoms with E-state index in [-0.39, 0.29) is 0 Å². The highest BCUT2D eigenvalue weighted by molar-refractivity contribution is 7.07. The first kappa shape index (κ1) is 13.8. The van der Waals surface area contributed by atoms with Crippen molar-refractivity contribution >= 4 is 11.3 Å². The summed E-state index contributed by atoms with van der Waals surface area (Å²) in [7, 11) is 0. The summed E-state index contributed by atoms with van der Waals surface area (Å²) in [5.41, 5.74) is 4.25. The van der Waals surface area contributed by atoms with Crippen molar-refractivity contribution in [1.29, 1.82) is 0 Å². The lowest BCUT2D eigenvalue weighted by Crippen LogP contribution is -2.33. The lowest BCUT2D eigenvalue weighted by Gasteiger charge is -2.24. The molecule has 0 bridgehead atoms. The van der Waals surface area contributed by atoms with Crippen LogP contribution in [0.4, 0.5) is 0 Å². The van der Waals surface area contributed by atoms with E-state index in [2.05, 4.69) is 60.3 Å². The molecule has 2 heteroatoms. The van der Waals surface area contributed by atoms with E-state index in [1.165, 1.54) is 29.5 Å². The molecule has 1 saturated carbocycles. The molecular weight excluding hydrogens is 262 g/mol. The van der Waals surface area contributed by atoms with Crippen LogP contribution in [0, 0.1) is 12.8 Å². The Balaban J connectivity index is 1.66. The van der Waals surface area contributed by atoms with Crippen molar-refractivity contribution in [3.8, 4) is 0 Å². The van der Waals surface area contributed by atoms with Crippen LogP contribution in [0.2, 0.25) is 0 Å². The number of aryl methyl sites for hydroxylation is 1. The zero-order valence-corrected chi connectivity index (χ0v) is 13.1. The Morgan fingerprint density at radius 2 is 1.95 bits per heavy atom. The monoisotopic (exact) mass is 285 g/mol. The van der Waals surface area contributed by atoms with Crippen molar-refractivity contribution in [1.82, 2.24) is 5.32 Å². The van der Waals surface area contributed by atoms with E-state index in [1.807, 2.05) is 0 Å². The molecule has 1 heterocycles. The molecule has 0 aliphatic heterocycles. The molecule has 0 saturated heterocycles. The summed E-state index contributed by atoms with van der Waals surface area (Å²) in [6.07, 6.45) is 3.87. The van der Waals surface area contributed by atoms with E-state index in [1.54, 1.807) is 11.3 Å². The van der Waals surface area contributed by atoms with Crippen LogP contribution in [0.15, 0.2) is 41.1 Å². The van der Waals surface area contributed by atoms with Crippen LogP contribution < -0.4 is 5.32 Å². The minimum atomic E-state index is 0.525. The van der Waals surface area contributed by atoms with Crippen LogP contribution in [0.1, 0.15) is 42.5 Å². The minimum Gasteiger partial charge on any atom is -0.307 e. The lowest BCUT2D eigenvalue weighted by molar-refractivity contribution is 0.417. The molecule has 1 aliphatic rings. The second kappa shape index (κ2) is 6.11. The van der Waals surface area contributed by atoms with Gasteiger partial charge in [-0.05, 0) is 67.0 Å². The molecule has 1 aromatic carbocycles. The number of nitrogens with one attached hydrogen (secondary N) is 1. The molecule has 1 fully saturated rings. The molecule has 0 spiro atoms. The van der Waals surface area contributed by atoms with E-state index in [0.29, 0.717) is 12.1 Å². The average Bonchev–Trinajstić information content (AvgIpc) is 3.16. The molecule has 0 amide bonds. The highest BCUT2D eigenvalue weighted by Gasteiger charge is 2.32. The van der Waals surface area contributed by atoms with Crippen LogP contribution in [0.3, 0.4) is 0 Å². The molecule has 2 unspecified atom stereocenters. The van der Waals surface area contributed by atoms with Gasteiger partial charge in [0.15, 0.2) is 0 Å². The van der Waals surface area contributed by atoms with E-state index in [4.69, 9.17) is 0 Å². The predicted octanol–water partition coefficient (Wildman–Crippen LogP) is 4.73. The van der Waals surface area contributed by atoms with Gasteiger partial charge in [-0.1, -0.05) is 29.8 Å². The molecule has 1 N–H and O–H groups in total. The van der Waals surface area contributed by atoms with Gasteiger partial charge in [-0.2, -0.15) is 11.3 Å². The van der Waals surface area contributed by atoms with E-state index < -0.39 is 0 Å². The quantitative estimate of drug-likeness (QED) is 0.809. The van der Waals surface area contributed by atoms with Gasteiger partial charge in [0.1, 0.15) is 0 Å². The molecule has 1 aromatic heterocycles. The summed E-state index contributed by atoms with van der Waals surface area (Å²) in [6.45, 7) is 4.46. The number of thiophene rings is 1. The fourth-order valence-electron chi connectivity index (χ4n) is 2.84. The van der Waals surface area contributed by atoms with Gasteiger partial charge in [-0.3, -0.25) is 0 Å². The molecule has 0 radical (unpaired) electrons. The Bertz CT molecular complexity index is 525. The third-order valence-corrected chi connectivity index (χ3v) is 4.85. The first-order valence-electron chi connectivity index (χ1n) is 7.56. The Labute approximate surface area is 126 Å². The zero-order valence-electron chi connectivity index (χ0n) is 12.3. The van der Waals surface area contributed by atoms with E-state index >= 15 is 0 Å². The Morgan fingerprint density at radius 3 is 2.55 bits per heavy atom. The van der Waals surface area contributed by atoms with E-state index in [0.717, 1.165) is 12.3 Å². The topological polar surface area (TPSA) is 12.0 Å². The maximum Gasteiger partial charge on any atom is 0.0351 e. The summed E-state index contributed by atoms with van der Waals surface area (Å²) < 4.78 is 0. The Morgan fingerprint density at radius 1 is 1.20 bits per heavy atom. The molecule has 106 valence electrons. The van der Waals surface area contributed by atoms with Gasteiger partial charge < -0.3 is 5.32 Å². The van der Waals surface area contributed by atoms with Crippen LogP contribution in [0.25, 0.3) is 0 Å². The Kier molecular flexibility index (Phi) is 4.23. The van der Waals surface area contributed by atoms with Gasteiger partial charge in [0, 0.05) is 12.1 Å². The van der Waals surface area contributed by atoms with Crippen molar-refractivity contribution in [2.45, 2.75) is 45.2 Å². The second-order valence-corrected chi connectivity index (χ2v) is 6.91. The number of rotatable bonds is 6. The minimum absolute atomic E-state index is 0.525. The fraction of sp³-hybridized carbons (Fsp3) is 0.444. The molecule has 2 atom stereocenters. The van der Waals surface area contributed by atoms with Gasteiger partial charge >= 0.3 is 0 Å². The van der Waals surface area contributed by atoms with Gasteiger partial charge in [-0.25, -0.2) is 0 Å². The normalized spacial score (nSPS) is 17.9. The molecular formula is C18H23NS. The smallest absolute Gasteiger partial charge is 0.0351 e. The third kappa shape index (κ3) is 3.50. The van der Waals surface area contributed by atoms with Gasteiger partial charge in [0.05, 0.1) is 0 Å². The van der Waals surface area contributed by atoms with Gasteiger partial charge in [0.2, 0.25) is 0 Å². The summed E-state index contributed by atoms with van der Waals surface area (Å²) in [6, 6.07) is 12.3. The van der Waals surface area contributed by atoms with Gasteiger partial charge in [-0.15, -0.1) is 0 Å². The summed E-state index contributed by atoms with van der Waals surface area (Å²) in [5.74, 6) is 0.836. The maximum absolute atomic E-state index is 3.86. The van der Waals surface area contributed by atoms with Crippen LogP contribution in [-0.2, 0) is 6.42 Å². The SMILES string of the molecule is Cc1ccc(C(NC(C)Cc2ccsc2)C2CC2)cc1. The maximum atomic E-state index is 3.86. The zero-order chi connectivity index (χ0) is 13.9. The van der Waals surface area contributed by atoms with Crippen LogP contribution in [0.5, 0.6) is 0 Å². The lowest BCUT2D eigenvalue weighted by atomic mass is 9.99. The Hall–Kier alpha value is -1.12. The third-order valence-electron chi connectivity index (χ3n) is 4.12. The molecule has 3 rings (SSSR count). The summed E-state index contributed by atoms with van der Waals surface area (Å²) >= 11 is 1.79. The summed E-state index contributed by atoms with van der Waals surface area (Å²) in [4.78, 5) is 0. The van der Waals surface area contributed by atoms with Crippen molar-refractivity contribution in [3.05, 3.63) is 57.8 Å². The van der Waals surface area contributed by atoms with Crippen molar-refractivity contribution < 1.29 is 0 Å². The van der Waals surface area contributed by atoms with Crippen LogP contribution >= 0.6 is 11.3 Å². The number of hydrogen-bond acceptors (Lipinski definition) is 2. The fourth-order valence-corrected chi connectivity index (χ4v) is 3.52. The molecule has 20 heavy (non-hydrogen) atoms. The molecule has 2 aromatic rings. The average molecular weight is 285 g/mol. The second-order valence-electron chi connectivity index (χ2n) is 6.13. The number of hydrogen-bond donors (Lipinski definition) is 1. The van der Waals surface area contributed by atoms with Crippen molar-refractivity contribution in [2.24, 2.45) is 5.92 Å². The van der Waals surface area contributed by atoms with E-state index in [9.17, 15) is 0 Å². The first-order chi connectivity index (χ1) is 9.72. The summed E-state index contributed by atoms with van der Waals surface area (Å²) in [5, 5.41) is 8.28. The molecule has 1 aliphatic carbocycles. The largest absolute Gasteiger partial charge is 0.307 e. The van der Waals surface area contributed by atoms with Crippen molar-refractivity contribution in [2.75, 3.05) is 0 Å². The van der Waals surface area contributed by atoms with Crippen LogP contribution in [-0.4, -0.2) is 6.04 Å². The molecule has 1 nitrogen and oxygen atoms in total.